The quantitative estimate of drug-likeness (QED) is 0.0677. The molecule has 0 N–H and O–H groups in total. The number of halogens is 1. The van der Waals surface area contributed by atoms with E-state index in [9.17, 15) is 5.11 Å². The fourth-order valence-electron chi connectivity index (χ4n) is 6.57. The maximum atomic E-state index is 13.2. The van der Waals surface area contributed by atoms with E-state index >= 15 is 0 Å². The zero-order chi connectivity index (χ0) is 35.3. The Morgan fingerprint density at radius 3 is 1.71 bits per heavy atom. The predicted molar refractivity (Wildman–Crippen MR) is 211 cm³/mol. The van der Waals surface area contributed by atoms with E-state index in [0.717, 1.165) is 73.0 Å². The van der Waals surface area contributed by atoms with Gasteiger partial charge < -0.3 is 45.5 Å². The molecule has 0 radical (unpaired) electrons. The zero-order valence-electron chi connectivity index (χ0n) is 33.5. The van der Waals surface area contributed by atoms with E-state index in [2.05, 4.69) is 93.0 Å². The molecule has 0 bridgehead atoms. The van der Waals surface area contributed by atoms with Gasteiger partial charge in [-0.25, -0.2) is 0 Å². The smallest absolute Gasteiger partial charge is 1.00 e. The van der Waals surface area contributed by atoms with Crippen molar-refractivity contribution < 1.29 is 45.5 Å². The first-order valence-electron chi connectivity index (χ1n) is 18.7. The molecule has 6 nitrogen and oxygen atoms in total. The first-order valence-corrected chi connectivity index (χ1v) is 28.6. The average Bonchev–Trinajstić information content (AvgIpc) is 2.98. The van der Waals surface area contributed by atoms with Crippen LogP contribution >= 0.6 is 0 Å². The number of ether oxygens (including phenoxy) is 4. The molecule has 11 heteroatoms. The molecular formula is C38H71BrMgO6Si3. The summed E-state index contributed by atoms with van der Waals surface area (Å²) in [6.07, 6.45) is 7.61. The Morgan fingerprint density at radius 1 is 0.796 bits per heavy atom. The Balaban J connectivity index is 0.0000115. The van der Waals surface area contributed by atoms with Crippen LogP contribution in [0.5, 0.6) is 11.5 Å². The number of hydrogen-bond donors (Lipinski definition) is 0. The van der Waals surface area contributed by atoms with E-state index in [4.69, 9.17) is 23.4 Å². The molecule has 2 rings (SSSR count). The van der Waals surface area contributed by atoms with Crippen molar-refractivity contribution >= 4 is 47.5 Å². The van der Waals surface area contributed by atoms with Crippen molar-refractivity contribution in [2.24, 2.45) is 5.92 Å². The summed E-state index contributed by atoms with van der Waals surface area (Å²) in [7, 11) is -4.38. The Hall–Kier alpha value is 0.137. The molecule has 0 unspecified atom stereocenters. The second-order valence-corrected chi connectivity index (χ2v) is 32.6. The van der Waals surface area contributed by atoms with Crippen LogP contribution in [-0.4, -0.2) is 79.9 Å². The summed E-state index contributed by atoms with van der Waals surface area (Å²) in [5.74, 6) is 1.57. The minimum Gasteiger partial charge on any atom is -1.00 e. The van der Waals surface area contributed by atoms with Gasteiger partial charge in [-0.2, -0.15) is 0 Å². The summed E-state index contributed by atoms with van der Waals surface area (Å²) in [5, 5.41) is 13.2. The van der Waals surface area contributed by atoms with Crippen molar-refractivity contribution in [2.45, 2.75) is 161 Å². The van der Waals surface area contributed by atoms with Crippen LogP contribution < -0.4 is 31.6 Å². The van der Waals surface area contributed by atoms with Crippen molar-refractivity contribution in [3.8, 4) is 11.5 Å². The molecule has 0 aliphatic heterocycles. The van der Waals surface area contributed by atoms with E-state index in [1.54, 1.807) is 0 Å². The molecule has 0 fully saturated rings. The minimum atomic E-state index is -1.93. The van der Waals surface area contributed by atoms with E-state index in [0.29, 0.717) is 19.6 Å². The molecule has 49 heavy (non-hydrogen) atoms. The molecule has 0 heterocycles. The average molecular weight is 812 g/mol. The Kier molecular flexibility index (Phi) is 23.1. The van der Waals surface area contributed by atoms with Gasteiger partial charge in [0.15, 0.2) is 21.9 Å². The Bertz CT molecular complexity index is 1050. The molecule has 1 aromatic carbocycles. The standard InChI is InChI=1S/C38H72O6Si3.BrH.Mg/c1-13-17-18-19-31-26-35(42-29-40-22-24-45(7,8)9)37(36(27-31)43-30-41-23-25-46(10,11)12)33-28-32(39)20-21-34(33)38(5,6)44-47(14-2,15-3)16-4;;/h26-28,33-34,39H,13-25,29-30H2,1-12H3;1H;/q;;+2/p-2/t33-,34-;;/m1../s1. The number of allylic oxidation sites excluding steroid dienone is 2. The fraction of sp³-hybridized carbons (Fsp3) is 0.789. The van der Waals surface area contributed by atoms with E-state index in [1.807, 2.05) is 6.08 Å². The SMILES string of the molecule is CCCCCc1cc(OCOCC[Si](C)(C)C)c([C@@H]2C=C([O-])CC[C@H]2C(C)(C)O[Si](CC)(CC)CC)c(OCOCC[Si](C)(C)C)c1.[Br-].[Mg+2]. The van der Waals surface area contributed by atoms with Gasteiger partial charge in [-0.1, -0.05) is 85.9 Å². The molecule has 0 saturated carbocycles. The molecule has 0 aromatic heterocycles. The van der Waals surface area contributed by atoms with Gasteiger partial charge in [0.1, 0.15) is 11.5 Å². The monoisotopic (exact) mass is 810 g/mol. The van der Waals surface area contributed by atoms with Gasteiger partial charge in [0, 0.05) is 40.8 Å². The van der Waals surface area contributed by atoms with Crippen molar-refractivity contribution in [2.75, 3.05) is 26.8 Å². The number of unbranched alkanes of at least 4 members (excludes halogenated alkanes) is 2. The van der Waals surface area contributed by atoms with Crippen LogP contribution in [0.2, 0.25) is 69.5 Å². The summed E-state index contributed by atoms with van der Waals surface area (Å²) in [5.41, 5.74) is 1.69. The minimum absolute atomic E-state index is 0. The third kappa shape index (κ3) is 17.2. The molecule has 0 saturated heterocycles. The van der Waals surface area contributed by atoms with Gasteiger partial charge in [-0.05, 0) is 93.4 Å². The van der Waals surface area contributed by atoms with Crippen LogP contribution in [-0.2, 0) is 20.3 Å². The van der Waals surface area contributed by atoms with Crippen LogP contribution in [0.15, 0.2) is 24.0 Å². The summed E-state index contributed by atoms with van der Waals surface area (Å²) in [6, 6.07) is 9.77. The van der Waals surface area contributed by atoms with Crippen molar-refractivity contribution in [1.29, 1.82) is 0 Å². The Morgan fingerprint density at radius 2 is 1.29 bits per heavy atom. The van der Waals surface area contributed by atoms with Crippen molar-refractivity contribution in [1.82, 2.24) is 0 Å². The molecule has 1 aliphatic carbocycles. The van der Waals surface area contributed by atoms with E-state index in [1.165, 1.54) is 12.0 Å². The summed E-state index contributed by atoms with van der Waals surface area (Å²) in [4.78, 5) is 0. The van der Waals surface area contributed by atoms with Gasteiger partial charge in [0.25, 0.3) is 0 Å². The van der Waals surface area contributed by atoms with Crippen molar-refractivity contribution in [3.05, 3.63) is 35.1 Å². The van der Waals surface area contributed by atoms with E-state index < -0.39 is 30.1 Å². The summed E-state index contributed by atoms with van der Waals surface area (Å²) in [6.45, 7) is 29.4. The first-order chi connectivity index (χ1) is 22.0. The normalized spacial score (nSPS) is 17.2. The van der Waals surface area contributed by atoms with Gasteiger partial charge in [0.05, 0.1) is 5.60 Å². The predicted octanol–water partition coefficient (Wildman–Crippen LogP) is 6.96. The van der Waals surface area contributed by atoms with Crippen LogP contribution in [0.25, 0.3) is 0 Å². The van der Waals surface area contributed by atoms with Crippen LogP contribution in [0, 0.1) is 5.92 Å². The van der Waals surface area contributed by atoms with Gasteiger partial charge in [0.2, 0.25) is 0 Å². The molecule has 0 amide bonds. The van der Waals surface area contributed by atoms with Crippen LogP contribution in [0.1, 0.15) is 90.7 Å². The number of rotatable bonds is 23. The molecule has 0 spiro atoms. The largest absolute Gasteiger partial charge is 2.00 e. The van der Waals surface area contributed by atoms with E-state index in [-0.39, 0.29) is 71.2 Å². The molecule has 2 atom stereocenters. The summed E-state index contributed by atoms with van der Waals surface area (Å²) >= 11 is 0. The zero-order valence-corrected chi connectivity index (χ0v) is 39.5. The number of benzene rings is 1. The third-order valence-corrected chi connectivity index (χ3v) is 18.2. The van der Waals surface area contributed by atoms with Gasteiger partial charge in [-0.15, -0.1) is 5.76 Å². The second kappa shape index (κ2) is 23.0. The first kappa shape index (κ1) is 49.1. The van der Waals surface area contributed by atoms with Gasteiger partial charge >= 0.3 is 23.1 Å². The van der Waals surface area contributed by atoms with Gasteiger partial charge in [-0.3, -0.25) is 0 Å². The maximum absolute atomic E-state index is 13.2. The molecule has 280 valence electrons. The fourth-order valence-corrected chi connectivity index (χ4v) is 11.3. The third-order valence-electron chi connectivity index (χ3n) is 9.96. The summed E-state index contributed by atoms with van der Waals surface area (Å²) < 4.78 is 32.4. The molecule has 1 aliphatic rings. The Labute approximate surface area is 331 Å². The van der Waals surface area contributed by atoms with Crippen molar-refractivity contribution in [3.63, 3.8) is 0 Å². The van der Waals surface area contributed by atoms with Crippen LogP contribution in [0.4, 0.5) is 0 Å². The number of hydrogen-bond acceptors (Lipinski definition) is 6. The topological polar surface area (TPSA) is 69.2 Å². The van der Waals surface area contributed by atoms with Crippen LogP contribution in [0.3, 0.4) is 0 Å². The second-order valence-electron chi connectivity index (χ2n) is 16.7. The number of aryl methyl sites for hydroxylation is 1. The molecule has 1 aromatic rings. The molecular weight excluding hydrogens is 741 g/mol. The maximum Gasteiger partial charge on any atom is 2.00 e.